The summed E-state index contributed by atoms with van der Waals surface area (Å²) in [5.74, 6) is -0.327. The van der Waals surface area contributed by atoms with Crippen molar-refractivity contribution in [2.45, 2.75) is 6.92 Å². The van der Waals surface area contributed by atoms with Crippen molar-refractivity contribution >= 4 is 22.6 Å². The zero-order valence-corrected chi connectivity index (χ0v) is 8.13. The molecule has 0 aliphatic carbocycles. The monoisotopic (exact) mass is 267 g/mol. The van der Waals surface area contributed by atoms with E-state index in [1.54, 1.807) is 19.1 Å². The van der Waals surface area contributed by atoms with Crippen molar-refractivity contribution in [1.29, 1.82) is 0 Å². The zero-order valence-electron chi connectivity index (χ0n) is 5.97. The standard InChI is InChI=1S/C7H7FINO/c1-2-11-5-3-4-6(9)10-7(5)8/h3-4H,2H2,1H3. The highest BCUT2D eigenvalue weighted by molar-refractivity contribution is 14.1. The van der Waals surface area contributed by atoms with Gasteiger partial charge < -0.3 is 4.74 Å². The topological polar surface area (TPSA) is 22.1 Å². The SMILES string of the molecule is CCOc1ccc(I)nc1F. The van der Waals surface area contributed by atoms with Gasteiger partial charge in [0.25, 0.3) is 5.95 Å². The van der Waals surface area contributed by atoms with Gasteiger partial charge in [-0.25, -0.2) is 4.98 Å². The number of halogens is 2. The Morgan fingerprint density at radius 3 is 2.91 bits per heavy atom. The molecule has 0 saturated heterocycles. The van der Waals surface area contributed by atoms with Crippen LogP contribution in [0.2, 0.25) is 0 Å². The second-order valence-corrected chi connectivity index (χ2v) is 2.96. The van der Waals surface area contributed by atoms with Crippen LogP contribution in [0.4, 0.5) is 4.39 Å². The number of nitrogens with zero attached hydrogens (tertiary/aromatic N) is 1. The summed E-state index contributed by atoms with van der Waals surface area (Å²) in [6.07, 6.45) is 0. The van der Waals surface area contributed by atoms with Crippen LogP contribution in [0.1, 0.15) is 6.92 Å². The fraction of sp³-hybridized carbons (Fsp3) is 0.286. The van der Waals surface area contributed by atoms with Gasteiger partial charge in [0.2, 0.25) is 0 Å². The van der Waals surface area contributed by atoms with E-state index in [2.05, 4.69) is 4.98 Å². The van der Waals surface area contributed by atoms with E-state index in [-0.39, 0.29) is 5.75 Å². The van der Waals surface area contributed by atoms with Crippen molar-refractivity contribution in [2.75, 3.05) is 6.61 Å². The van der Waals surface area contributed by atoms with Gasteiger partial charge in [-0.2, -0.15) is 4.39 Å². The summed E-state index contributed by atoms with van der Waals surface area (Å²) in [5.41, 5.74) is 0. The molecular weight excluding hydrogens is 260 g/mol. The third-order valence-corrected chi connectivity index (χ3v) is 1.68. The predicted octanol–water partition coefficient (Wildman–Crippen LogP) is 2.22. The van der Waals surface area contributed by atoms with Crippen molar-refractivity contribution in [3.8, 4) is 5.75 Å². The first-order valence-corrected chi connectivity index (χ1v) is 4.26. The van der Waals surface area contributed by atoms with Crippen LogP contribution in [0.5, 0.6) is 5.75 Å². The molecule has 11 heavy (non-hydrogen) atoms. The third kappa shape index (κ3) is 2.28. The van der Waals surface area contributed by atoms with E-state index in [4.69, 9.17) is 4.74 Å². The van der Waals surface area contributed by atoms with E-state index < -0.39 is 5.95 Å². The van der Waals surface area contributed by atoms with Crippen LogP contribution < -0.4 is 4.74 Å². The summed E-state index contributed by atoms with van der Waals surface area (Å²) in [4.78, 5) is 3.59. The van der Waals surface area contributed by atoms with Gasteiger partial charge in [-0.3, -0.25) is 0 Å². The van der Waals surface area contributed by atoms with E-state index in [1.807, 2.05) is 22.6 Å². The highest BCUT2D eigenvalue weighted by Gasteiger charge is 2.03. The Hall–Kier alpha value is -0.390. The molecule has 0 saturated carbocycles. The molecule has 0 unspecified atom stereocenters. The number of pyridine rings is 1. The van der Waals surface area contributed by atoms with Gasteiger partial charge >= 0.3 is 0 Å². The molecule has 60 valence electrons. The summed E-state index contributed by atoms with van der Waals surface area (Å²) < 4.78 is 18.4. The van der Waals surface area contributed by atoms with Gasteiger partial charge in [0.15, 0.2) is 5.75 Å². The van der Waals surface area contributed by atoms with Gasteiger partial charge in [0, 0.05) is 0 Å². The lowest BCUT2D eigenvalue weighted by molar-refractivity contribution is 0.316. The largest absolute Gasteiger partial charge is 0.489 e. The first-order chi connectivity index (χ1) is 5.24. The lowest BCUT2D eigenvalue weighted by Gasteiger charge is -2.02. The Morgan fingerprint density at radius 2 is 2.36 bits per heavy atom. The van der Waals surface area contributed by atoms with Crippen LogP contribution in [-0.4, -0.2) is 11.6 Å². The molecule has 0 amide bonds. The van der Waals surface area contributed by atoms with E-state index in [0.717, 1.165) is 0 Å². The van der Waals surface area contributed by atoms with E-state index >= 15 is 0 Å². The molecule has 1 rings (SSSR count). The van der Waals surface area contributed by atoms with Crippen molar-refractivity contribution in [2.24, 2.45) is 0 Å². The fourth-order valence-electron chi connectivity index (χ4n) is 0.663. The molecule has 2 nitrogen and oxygen atoms in total. The molecular formula is C7H7FINO. The van der Waals surface area contributed by atoms with Crippen LogP contribution in [0, 0.1) is 9.65 Å². The summed E-state index contributed by atoms with van der Waals surface area (Å²) >= 11 is 1.94. The van der Waals surface area contributed by atoms with Crippen LogP contribution in [-0.2, 0) is 0 Å². The van der Waals surface area contributed by atoms with Gasteiger partial charge in [-0.1, -0.05) is 0 Å². The zero-order chi connectivity index (χ0) is 8.27. The number of ether oxygens (including phenoxy) is 1. The molecule has 0 aliphatic rings. The third-order valence-electron chi connectivity index (χ3n) is 1.08. The highest BCUT2D eigenvalue weighted by Crippen LogP contribution is 2.15. The average molecular weight is 267 g/mol. The summed E-state index contributed by atoms with van der Waals surface area (Å²) in [6, 6.07) is 3.28. The van der Waals surface area contributed by atoms with Crippen LogP contribution in [0.15, 0.2) is 12.1 Å². The molecule has 4 heteroatoms. The lowest BCUT2D eigenvalue weighted by Crippen LogP contribution is -1.97. The molecule has 0 aliphatic heterocycles. The smallest absolute Gasteiger partial charge is 0.256 e. The van der Waals surface area contributed by atoms with E-state index in [1.165, 1.54) is 0 Å². The van der Waals surface area contributed by atoms with Crippen molar-refractivity contribution in [1.82, 2.24) is 4.98 Å². The van der Waals surface area contributed by atoms with E-state index in [9.17, 15) is 4.39 Å². The van der Waals surface area contributed by atoms with Crippen LogP contribution >= 0.6 is 22.6 Å². The molecule has 1 heterocycles. The van der Waals surface area contributed by atoms with Gasteiger partial charge in [0.05, 0.1) is 6.61 Å². The second-order valence-electron chi connectivity index (χ2n) is 1.86. The molecule has 0 fully saturated rings. The number of hydrogen-bond acceptors (Lipinski definition) is 2. The van der Waals surface area contributed by atoms with E-state index in [0.29, 0.717) is 10.3 Å². The van der Waals surface area contributed by atoms with Crippen molar-refractivity contribution in [3.63, 3.8) is 0 Å². The van der Waals surface area contributed by atoms with Crippen molar-refractivity contribution in [3.05, 3.63) is 21.8 Å². The molecule has 0 radical (unpaired) electrons. The van der Waals surface area contributed by atoms with Gasteiger partial charge in [-0.15, -0.1) is 0 Å². The minimum absolute atomic E-state index is 0.216. The minimum atomic E-state index is -0.543. The molecule has 0 bridgehead atoms. The molecule has 0 N–H and O–H groups in total. The van der Waals surface area contributed by atoms with Crippen molar-refractivity contribution < 1.29 is 9.13 Å². The molecule has 0 aromatic carbocycles. The fourth-order valence-corrected chi connectivity index (χ4v) is 1.05. The predicted molar refractivity (Wildman–Crippen MR) is 48.1 cm³/mol. The Kier molecular flexibility index (Phi) is 3.04. The lowest BCUT2D eigenvalue weighted by atomic mass is 10.4. The summed E-state index contributed by atoms with van der Waals surface area (Å²) in [6.45, 7) is 2.26. The van der Waals surface area contributed by atoms with Crippen LogP contribution in [0.25, 0.3) is 0 Å². The Bertz CT molecular complexity index is 254. The van der Waals surface area contributed by atoms with Crippen LogP contribution in [0.3, 0.4) is 0 Å². The Morgan fingerprint density at radius 1 is 1.64 bits per heavy atom. The normalized spacial score (nSPS) is 9.73. The maximum atomic E-state index is 12.8. The maximum Gasteiger partial charge on any atom is 0.256 e. The number of hydrogen-bond donors (Lipinski definition) is 0. The number of rotatable bonds is 2. The molecule has 1 aromatic rings. The van der Waals surface area contributed by atoms with Gasteiger partial charge in [-0.05, 0) is 41.6 Å². The second kappa shape index (κ2) is 3.85. The average Bonchev–Trinajstić information content (AvgIpc) is 1.95. The Balaban J connectivity index is 2.90. The summed E-state index contributed by atoms with van der Waals surface area (Å²) in [7, 11) is 0. The number of aromatic nitrogens is 1. The molecule has 1 aromatic heterocycles. The minimum Gasteiger partial charge on any atom is -0.489 e. The highest BCUT2D eigenvalue weighted by atomic mass is 127. The summed E-state index contributed by atoms with van der Waals surface area (Å²) in [5, 5.41) is 0. The molecule has 0 atom stereocenters. The Labute approximate surface area is 77.9 Å². The van der Waals surface area contributed by atoms with Gasteiger partial charge in [0.1, 0.15) is 3.70 Å². The first-order valence-electron chi connectivity index (χ1n) is 3.19. The molecule has 0 spiro atoms. The maximum absolute atomic E-state index is 12.8. The first kappa shape index (κ1) is 8.70. The quantitative estimate of drug-likeness (QED) is 0.605.